The molecule has 1 aromatic rings. The predicted octanol–water partition coefficient (Wildman–Crippen LogP) is 4.42. The Kier molecular flexibility index (Phi) is 5.36. The summed E-state index contributed by atoms with van der Waals surface area (Å²) in [7, 11) is 2.21. The minimum atomic E-state index is 0.165. The number of rotatable bonds is 6. The summed E-state index contributed by atoms with van der Waals surface area (Å²) in [6.45, 7) is 9.97. The molecule has 1 aromatic heterocycles. The summed E-state index contributed by atoms with van der Waals surface area (Å²) in [6, 6.07) is 0.597. The number of hydrogen-bond acceptors (Lipinski definition) is 3. The molecule has 1 aliphatic heterocycles. The number of hydrogen-bond donors (Lipinski definition) is 0. The molecule has 1 saturated carbocycles. The molecular weight excluding hydrogens is 298 g/mol. The summed E-state index contributed by atoms with van der Waals surface area (Å²) < 4.78 is 8.71. The van der Waals surface area contributed by atoms with Crippen molar-refractivity contribution >= 4 is 0 Å². The van der Waals surface area contributed by atoms with Gasteiger partial charge in [0, 0.05) is 18.4 Å². The molecular formula is C20H35N3O. The van der Waals surface area contributed by atoms with Gasteiger partial charge in [0.2, 0.25) is 0 Å². The van der Waals surface area contributed by atoms with Crippen LogP contribution in [0, 0.1) is 5.41 Å². The van der Waals surface area contributed by atoms with Gasteiger partial charge in [-0.15, -0.1) is 0 Å². The average Bonchev–Trinajstić information content (AvgIpc) is 3.11. The zero-order valence-electron chi connectivity index (χ0n) is 16.1. The largest absolute Gasteiger partial charge is 0.374 e. The van der Waals surface area contributed by atoms with Gasteiger partial charge < -0.3 is 9.30 Å². The van der Waals surface area contributed by atoms with Gasteiger partial charge in [-0.1, -0.05) is 27.2 Å². The fourth-order valence-electron chi connectivity index (χ4n) is 4.60. The van der Waals surface area contributed by atoms with E-state index in [-0.39, 0.29) is 5.60 Å². The average molecular weight is 334 g/mol. The van der Waals surface area contributed by atoms with Gasteiger partial charge in [-0.3, -0.25) is 4.90 Å². The number of unbranched alkanes of at least 4 members (excludes halogenated alkanes) is 1. The first-order chi connectivity index (χ1) is 11.4. The van der Waals surface area contributed by atoms with Crippen LogP contribution in [-0.2, 0) is 11.3 Å². The van der Waals surface area contributed by atoms with Gasteiger partial charge in [-0.05, 0) is 57.5 Å². The van der Waals surface area contributed by atoms with Crippen molar-refractivity contribution in [3.8, 4) is 0 Å². The first-order valence-corrected chi connectivity index (χ1v) is 9.77. The molecule has 2 heterocycles. The molecule has 4 nitrogen and oxygen atoms in total. The minimum absolute atomic E-state index is 0.165. The van der Waals surface area contributed by atoms with Gasteiger partial charge >= 0.3 is 0 Å². The summed E-state index contributed by atoms with van der Waals surface area (Å²) in [5.41, 5.74) is 0.521. The summed E-state index contributed by atoms with van der Waals surface area (Å²) in [4.78, 5) is 7.04. The second-order valence-electron chi connectivity index (χ2n) is 8.89. The maximum absolute atomic E-state index is 6.27. The lowest BCUT2D eigenvalue weighted by Gasteiger charge is -2.38. The van der Waals surface area contributed by atoms with Gasteiger partial charge in [0.15, 0.2) is 0 Å². The van der Waals surface area contributed by atoms with Crippen LogP contribution in [0.2, 0.25) is 0 Å². The van der Waals surface area contributed by atoms with E-state index in [9.17, 15) is 0 Å². The highest BCUT2D eigenvalue weighted by atomic mass is 16.5. The SMILES string of the molecule is CCCCN(C)Cc1nccn1C1CCC2(CC1)CC(C)(C)CO2. The smallest absolute Gasteiger partial charge is 0.123 e. The van der Waals surface area contributed by atoms with E-state index in [0.717, 1.165) is 19.7 Å². The van der Waals surface area contributed by atoms with Crippen molar-refractivity contribution in [3.63, 3.8) is 0 Å². The van der Waals surface area contributed by atoms with Crippen LogP contribution in [0.15, 0.2) is 12.4 Å². The lowest BCUT2D eigenvalue weighted by Crippen LogP contribution is -2.35. The van der Waals surface area contributed by atoms with E-state index < -0.39 is 0 Å². The van der Waals surface area contributed by atoms with Crippen molar-refractivity contribution < 1.29 is 4.74 Å². The Hall–Kier alpha value is -0.870. The summed E-state index contributed by atoms with van der Waals surface area (Å²) in [6.07, 6.45) is 12.7. The number of ether oxygens (including phenoxy) is 1. The van der Waals surface area contributed by atoms with Crippen molar-refractivity contribution in [1.82, 2.24) is 14.5 Å². The third kappa shape index (κ3) is 4.02. The zero-order chi connectivity index (χ0) is 17.2. The first-order valence-electron chi connectivity index (χ1n) is 9.77. The van der Waals surface area contributed by atoms with Gasteiger partial charge in [-0.2, -0.15) is 0 Å². The maximum atomic E-state index is 6.27. The second-order valence-corrected chi connectivity index (χ2v) is 8.89. The molecule has 0 unspecified atom stereocenters. The number of aromatic nitrogens is 2. The molecule has 0 radical (unpaired) electrons. The fourth-order valence-corrected chi connectivity index (χ4v) is 4.60. The summed E-state index contributed by atoms with van der Waals surface area (Å²) in [5.74, 6) is 1.22. The van der Waals surface area contributed by atoms with Crippen LogP contribution < -0.4 is 0 Å². The van der Waals surface area contributed by atoms with Gasteiger partial charge in [-0.25, -0.2) is 4.98 Å². The van der Waals surface area contributed by atoms with Crippen molar-refractivity contribution in [2.24, 2.45) is 5.41 Å². The Morgan fingerprint density at radius 2 is 2.08 bits per heavy atom. The molecule has 2 fully saturated rings. The standard InChI is InChI=1S/C20H35N3O/c1-5-6-12-22(4)14-18-21-11-13-23(18)17-7-9-20(10-8-17)15-19(2,3)16-24-20/h11,13,17H,5-10,12,14-16H2,1-4H3. The van der Waals surface area contributed by atoms with E-state index >= 15 is 0 Å². The molecule has 0 aromatic carbocycles. The Labute approximate surface area is 147 Å². The topological polar surface area (TPSA) is 30.3 Å². The Morgan fingerprint density at radius 1 is 1.33 bits per heavy atom. The monoisotopic (exact) mass is 333 g/mol. The summed E-state index contributed by atoms with van der Waals surface area (Å²) >= 11 is 0. The molecule has 0 bridgehead atoms. The van der Waals surface area contributed by atoms with Crippen LogP contribution in [-0.4, -0.2) is 40.3 Å². The van der Waals surface area contributed by atoms with Crippen LogP contribution in [0.4, 0.5) is 0 Å². The van der Waals surface area contributed by atoms with Crippen LogP contribution in [0.1, 0.15) is 77.6 Å². The quantitative estimate of drug-likeness (QED) is 0.772. The van der Waals surface area contributed by atoms with Crippen LogP contribution in [0.5, 0.6) is 0 Å². The van der Waals surface area contributed by atoms with Gasteiger partial charge in [0.1, 0.15) is 5.82 Å². The van der Waals surface area contributed by atoms with Crippen molar-refractivity contribution in [1.29, 1.82) is 0 Å². The molecule has 2 aliphatic rings. The molecule has 3 rings (SSSR count). The Balaban J connectivity index is 1.58. The highest BCUT2D eigenvalue weighted by Crippen LogP contribution is 2.48. The van der Waals surface area contributed by atoms with Crippen LogP contribution >= 0.6 is 0 Å². The zero-order valence-corrected chi connectivity index (χ0v) is 16.1. The van der Waals surface area contributed by atoms with Crippen LogP contribution in [0.3, 0.4) is 0 Å². The molecule has 24 heavy (non-hydrogen) atoms. The highest BCUT2D eigenvalue weighted by molar-refractivity contribution is 5.01. The molecule has 0 N–H and O–H groups in total. The minimum Gasteiger partial charge on any atom is -0.374 e. The number of imidazole rings is 1. The molecule has 1 aliphatic carbocycles. The fraction of sp³-hybridized carbons (Fsp3) is 0.850. The van der Waals surface area contributed by atoms with Crippen molar-refractivity contribution in [2.45, 2.75) is 83.9 Å². The third-order valence-electron chi connectivity index (χ3n) is 5.88. The van der Waals surface area contributed by atoms with E-state index in [2.05, 4.69) is 48.5 Å². The Bertz CT molecular complexity index is 529. The number of nitrogens with zero attached hydrogens (tertiary/aromatic N) is 3. The van der Waals surface area contributed by atoms with E-state index in [1.54, 1.807) is 0 Å². The lowest BCUT2D eigenvalue weighted by molar-refractivity contribution is -0.0345. The van der Waals surface area contributed by atoms with E-state index in [1.165, 1.54) is 50.8 Å². The van der Waals surface area contributed by atoms with Crippen LogP contribution in [0.25, 0.3) is 0 Å². The molecule has 136 valence electrons. The third-order valence-corrected chi connectivity index (χ3v) is 5.88. The van der Waals surface area contributed by atoms with Gasteiger partial charge in [0.05, 0.1) is 18.8 Å². The molecule has 1 saturated heterocycles. The molecule has 4 heteroatoms. The van der Waals surface area contributed by atoms with Crippen molar-refractivity contribution in [3.05, 3.63) is 18.2 Å². The molecule has 1 spiro atoms. The van der Waals surface area contributed by atoms with E-state index in [1.807, 2.05) is 6.20 Å². The highest BCUT2D eigenvalue weighted by Gasteiger charge is 2.46. The normalized spacial score (nSPS) is 29.6. The first kappa shape index (κ1) is 17.9. The predicted molar refractivity (Wildman–Crippen MR) is 98.1 cm³/mol. The second kappa shape index (κ2) is 7.17. The lowest BCUT2D eigenvalue weighted by atomic mass is 9.75. The maximum Gasteiger partial charge on any atom is 0.123 e. The Morgan fingerprint density at radius 3 is 2.71 bits per heavy atom. The molecule has 0 amide bonds. The van der Waals surface area contributed by atoms with E-state index in [0.29, 0.717) is 11.5 Å². The van der Waals surface area contributed by atoms with Crippen molar-refractivity contribution in [2.75, 3.05) is 20.2 Å². The summed E-state index contributed by atoms with van der Waals surface area (Å²) in [5, 5.41) is 0. The molecule has 0 atom stereocenters. The van der Waals surface area contributed by atoms with Gasteiger partial charge in [0.25, 0.3) is 0 Å². The van der Waals surface area contributed by atoms with E-state index in [4.69, 9.17) is 4.74 Å².